The minimum Gasteiger partial charge on any atom is -0.256 e. The monoisotopic (exact) mass is 277 g/mol. The summed E-state index contributed by atoms with van der Waals surface area (Å²) in [6, 6.07) is 0. The van der Waals surface area contributed by atoms with Crippen molar-refractivity contribution in [3.8, 4) is 0 Å². The van der Waals surface area contributed by atoms with Crippen molar-refractivity contribution in [2.75, 3.05) is 0 Å². The van der Waals surface area contributed by atoms with E-state index < -0.39 is 0 Å². The Balaban J connectivity index is 3.46. The maximum absolute atomic E-state index is 4.34. The van der Waals surface area contributed by atoms with Crippen LogP contribution in [0.5, 0.6) is 0 Å². The Labute approximate surface area is 83.5 Å². The molecule has 1 rings (SSSR count). The van der Waals surface area contributed by atoms with Crippen molar-refractivity contribution in [1.29, 1.82) is 0 Å². The molecule has 0 N–H and O–H groups in total. The van der Waals surface area contributed by atoms with E-state index >= 15 is 0 Å². The molecule has 1 aromatic rings. The van der Waals surface area contributed by atoms with Crippen LogP contribution >= 0.6 is 31.9 Å². The van der Waals surface area contributed by atoms with Crippen molar-refractivity contribution in [3.05, 3.63) is 25.9 Å². The molecule has 0 spiro atoms. The lowest BCUT2D eigenvalue weighted by atomic mass is 10.2. The van der Waals surface area contributed by atoms with Gasteiger partial charge in [0.25, 0.3) is 0 Å². The fraction of sp³-hybridized carbons (Fsp3) is 0.375. The maximum atomic E-state index is 4.34. The molecule has 1 aromatic heterocycles. The minimum absolute atomic E-state index is 1.04. The summed E-state index contributed by atoms with van der Waals surface area (Å²) < 4.78 is 2.19. The van der Waals surface area contributed by atoms with Crippen molar-refractivity contribution in [2.24, 2.45) is 0 Å². The Hall–Kier alpha value is 0.110. The van der Waals surface area contributed by atoms with Crippen LogP contribution in [0.25, 0.3) is 0 Å². The quantitative estimate of drug-likeness (QED) is 0.708. The van der Waals surface area contributed by atoms with Crippen molar-refractivity contribution in [1.82, 2.24) is 4.98 Å². The summed E-state index contributed by atoms with van der Waals surface area (Å²) in [5, 5.41) is 0. The maximum Gasteiger partial charge on any atom is 0.0521 e. The number of hydrogen-bond acceptors (Lipinski definition) is 1. The van der Waals surface area contributed by atoms with Crippen LogP contribution in [0.2, 0.25) is 0 Å². The molecule has 0 aliphatic carbocycles. The highest BCUT2D eigenvalue weighted by Crippen LogP contribution is 2.28. The van der Waals surface area contributed by atoms with E-state index in [1.165, 1.54) is 5.56 Å². The molecule has 0 fully saturated rings. The average Bonchev–Trinajstić information content (AvgIpc) is 1.97. The molecule has 11 heavy (non-hydrogen) atoms. The summed E-state index contributed by atoms with van der Waals surface area (Å²) in [5.74, 6) is 0. The normalized spacial score (nSPS) is 10.3. The number of pyridine rings is 1. The fourth-order valence-electron chi connectivity index (χ4n) is 0.989. The molecule has 1 heterocycles. The summed E-state index contributed by atoms with van der Waals surface area (Å²) in [6.45, 7) is 6.06. The first-order valence-electron chi connectivity index (χ1n) is 3.33. The van der Waals surface area contributed by atoms with Crippen molar-refractivity contribution in [3.63, 3.8) is 0 Å². The Morgan fingerprint density at radius 2 is 1.27 bits per heavy atom. The average molecular weight is 279 g/mol. The third-order valence-corrected chi connectivity index (χ3v) is 3.97. The van der Waals surface area contributed by atoms with Gasteiger partial charge in [-0.3, -0.25) is 4.98 Å². The van der Waals surface area contributed by atoms with Crippen molar-refractivity contribution >= 4 is 31.9 Å². The highest BCUT2D eigenvalue weighted by molar-refractivity contribution is 9.11. The van der Waals surface area contributed by atoms with Crippen LogP contribution in [-0.4, -0.2) is 4.98 Å². The van der Waals surface area contributed by atoms with Gasteiger partial charge in [-0.25, -0.2) is 0 Å². The van der Waals surface area contributed by atoms with E-state index in [2.05, 4.69) is 43.8 Å². The third-order valence-electron chi connectivity index (χ3n) is 1.63. The Morgan fingerprint density at radius 3 is 1.64 bits per heavy atom. The minimum atomic E-state index is 1.04. The number of nitrogens with zero attached hydrogens (tertiary/aromatic N) is 1. The van der Waals surface area contributed by atoms with Gasteiger partial charge >= 0.3 is 0 Å². The van der Waals surface area contributed by atoms with E-state index in [0.717, 1.165) is 20.3 Å². The molecule has 0 saturated heterocycles. The molecule has 1 nitrogen and oxygen atoms in total. The van der Waals surface area contributed by atoms with Gasteiger partial charge in [0.15, 0.2) is 0 Å². The van der Waals surface area contributed by atoms with Crippen LogP contribution in [0.4, 0.5) is 0 Å². The van der Waals surface area contributed by atoms with E-state index in [1.54, 1.807) is 0 Å². The highest BCUT2D eigenvalue weighted by Gasteiger charge is 2.06. The van der Waals surface area contributed by atoms with Gasteiger partial charge in [0.2, 0.25) is 0 Å². The summed E-state index contributed by atoms with van der Waals surface area (Å²) in [4.78, 5) is 4.34. The van der Waals surface area contributed by atoms with Gasteiger partial charge in [0.05, 0.1) is 11.4 Å². The SMILES string of the molecule is Cc1nc(C)c(Br)c(C)c1Br. The third kappa shape index (κ3) is 1.64. The van der Waals surface area contributed by atoms with Crippen LogP contribution in [0.1, 0.15) is 17.0 Å². The van der Waals surface area contributed by atoms with Gasteiger partial charge in [-0.05, 0) is 58.2 Å². The van der Waals surface area contributed by atoms with E-state index in [1.807, 2.05) is 13.8 Å². The van der Waals surface area contributed by atoms with E-state index in [9.17, 15) is 0 Å². The van der Waals surface area contributed by atoms with Gasteiger partial charge in [-0.2, -0.15) is 0 Å². The molecular formula is C8H9Br2N. The first kappa shape index (κ1) is 9.20. The van der Waals surface area contributed by atoms with Crippen LogP contribution in [-0.2, 0) is 0 Å². The Morgan fingerprint density at radius 1 is 0.909 bits per heavy atom. The van der Waals surface area contributed by atoms with Gasteiger partial charge in [0, 0.05) is 8.95 Å². The van der Waals surface area contributed by atoms with Crippen molar-refractivity contribution < 1.29 is 0 Å². The van der Waals surface area contributed by atoms with Gasteiger partial charge in [-0.1, -0.05) is 0 Å². The zero-order valence-electron chi connectivity index (χ0n) is 6.70. The summed E-state index contributed by atoms with van der Waals surface area (Å²) in [5.41, 5.74) is 3.31. The molecule has 0 saturated carbocycles. The number of hydrogen-bond donors (Lipinski definition) is 0. The largest absolute Gasteiger partial charge is 0.256 e. The van der Waals surface area contributed by atoms with Crippen LogP contribution in [0, 0.1) is 20.8 Å². The second-order valence-corrected chi connectivity index (χ2v) is 4.12. The van der Waals surface area contributed by atoms with Gasteiger partial charge in [-0.15, -0.1) is 0 Å². The molecular weight excluding hydrogens is 270 g/mol. The summed E-state index contributed by atoms with van der Waals surface area (Å²) >= 11 is 6.94. The topological polar surface area (TPSA) is 12.9 Å². The predicted molar refractivity (Wildman–Crippen MR) is 53.8 cm³/mol. The van der Waals surface area contributed by atoms with E-state index in [0.29, 0.717) is 0 Å². The Bertz CT molecular complexity index is 268. The molecule has 60 valence electrons. The molecule has 0 aliphatic heterocycles. The smallest absolute Gasteiger partial charge is 0.0521 e. The van der Waals surface area contributed by atoms with Gasteiger partial charge in [0.1, 0.15) is 0 Å². The number of rotatable bonds is 0. The standard InChI is InChI=1S/C8H9Br2N/c1-4-7(9)5(2)11-6(3)8(4)10/h1-3H3. The fourth-order valence-corrected chi connectivity index (χ4v) is 1.83. The van der Waals surface area contributed by atoms with Gasteiger partial charge < -0.3 is 0 Å². The zero-order valence-corrected chi connectivity index (χ0v) is 9.88. The molecule has 0 atom stereocenters. The molecule has 0 radical (unpaired) electrons. The molecule has 3 heteroatoms. The number of aromatic nitrogens is 1. The lowest BCUT2D eigenvalue weighted by Crippen LogP contribution is -1.92. The van der Waals surface area contributed by atoms with Crippen LogP contribution in [0.15, 0.2) is 8.95 Å². The van der Waals surface area contributed by atoms with E-state index in [4.69, 9.17) is 0 Å². The van der Waals surface area contributed by atoms with Crippen molar-refractivity contribution in [2.45, 2.75) is 20.8 Å². The lowest BCUT2D eigenvalue weighted by molar-refractivity contribution is 1.07. The highest BCUT2D eigenvalue weighted by atomic mass is 79.9. The predicted octanol–water partition coefficient (Wildman–Crippen LogP) is 3.53. The zero-order chi connectivity index (χ0) is 8.59. The second-order valence-electron chi connectivity index (χ2n) is 2.54. The summed E-state index contributed by atoms with van der Waals surface area (Å²) in [6.07, 6.45) is 0. The molecule has 0 aliphatic rings. The molecule has 0 aromatic carbocycles. The molecule has 0 amide bonds. The first-order chi connectivity index (χ1) is 5.04. The van der Waals surface area contributed by atoms with E-state index in [-0.39, 0.29) is 0 Å². The van der Waals surface area contributed by atoms with Crippen LogP contribution < -0.4 is 0 Å². The first-order valence-corrected chi connectivity index (χ1v) is 4.91. The number of halogens is 2. The van der Waals surface area contributed by atoms with Crippen LogP contribution in [0.3, 0.4) is 0 Å². The lowest BCUT2D eigenvalue weighted by Gasteiger charge is -2.06. The number of aryl methyl sites for hydroxylation is 2. The molecule has 0 unspecified atom stereocenters. The second kappa shape index (κ2) is 3.23. The molecule has 0 bridgehead atoms. The summed E-state index contributed by atoms with van der Waals surface area (Å²) in [7, 11) is 0. The Kier molecular flexibility index (Phi) is 2.70.